The van der Waals surface area contributed by atoms with Crippen LogP contribution < -0.4 is 21.1 Å². The van der Waals surface area contributed by atoms with Crippen molar-refractivity contribution in [2.45, 2.75) is 59.5 Å². The summed E-state index contributed by atoms with van der Waals surface area (Å²) < 4.78 is 11.3. The fraction of sp³-hybridized carbons (Fsp3) is 0.484. The lowest BCUT2D eigenvalue weighted by Gasteiger charge is -2.18. The summed E-state index contributed by atoms with van der Waals surface area (Å²) >= 11 is 1.39. The second-order valence-electron chi connectivity index (χ2n) is 10.6. The Kier molecular flexibility index (Phi) is 14.2. The predicted molar refractivity (Wildman–Crippen MR) is 171 cm³/mol. The number of carbonyl (C=O) groups excluding carboxylic acids is 2. The van der Waals surface area contributed by atoms with Crippen LogP contribution in [0.5, 0.6) is 5.75 Å². The molecule has 0 aliphatic carbocycles. The first-order valence-electron chi connectivity index (χ1n) is 14.4. The number of carbonyl (C=O) groups is 2. The minimum absolute atomic E-state index is 0.145. The van der Waals surface area contributed by atoms with Gasteiger partial charge < -0.3 is 30.7 Å². The molecule has 3 aromatic rings. The summed E-state index contributed by atoms with van der Waals surface area (Å²) in [5, 5.41) is 8.68. The van der Waals surface area contributed by atoms with Gasteiger partial charge in [-0.3, -0.25) is 4.79 Å². The van der Waals surface area contributed by atoms with Crippen molar-refractivity contribution < 1.29 is 19.1 Å². The van der Waals surface area contributed by atoms with Gasteiger partial charge >= 0.3 is 5.97 Å². The van der Waals surface area contributed by atoms with Gasteiger partial charge in [0.2, 0.25) is 0 Å². The van der Waals surface area contributed by atoms with Gasteiger partial charge in [0.25, 0.3) is 5.91 Å². The number of hydrogen-bond acceptors (Lipinski definition) is 10. The summed E-state index contributed by atoms with van der Waals surface area (Å²) in [5.74, 6) is 0.698. The largest absolute Gasteiger partial charge is 0.491 e. The normalized spacial score (nSPS) is 11.0. The first-order chi connectivity index (χ1) is 20.0. The highest BCUT2D eigenvalue weighted by molar-refractivity contribution is 7.13. The number of rotatable bonds is 14. The Morgan fingerprint density at radius 3 is 2.52 bits per heavy atom. The number of esters is 1. The average Bonchev–Trinajstić information content (AvgIpc) is 3.44. The number of likely N-dealkylation sites (N-methyl/N-ethyl adjacent to an activating group) is 1. The Morgan fingerprint density at radius 1 is 1.05 bits per heavy atom. The van der Waals surface area contributed by atoms with Gasteiger partial charge in [-0.15, -0.1) is 11.3 Å². The van der Waals surface area contributed by atoms with Crippen molar-refractivity contribution >= 4 is 34.7 Å². The number of thiazole rings is 1. The van der Waals surface area contributed by atoms with Gasteiger partial charge in [0.05, 0.1) is 12.3 Å². The first-order valence-corrected chi connectivity index (χ1v) is 15.2. The SMILES string of the molecule is CC.CN(C)CCNC(=O)c1ccc(N)c(OCCCCCNc2cc(-c3nc(C(=O)OC(C)(C)C)cs3)ccn2)c1. The Hall–Kier alpha value is -3.70. The highest BCUT2D eigenvalue weighted by atomic mass is 32.1. The molecule has 42 heavy (non-hydrogen) atoms. The van der Waals surface area contributed by atoms with Gasteiger partial charge in [0.15, 0.2) is 5.69 Å². The van der Waals surface area contributed by atoms with E-state index in [1.807, 2.05) is 65.7 Å². The molecular weight excluding hydrogens is 552 g/mol. The number of benzene rings is 1. The molecule has 0 atom stereocenters. The number of ether oxygens (including phenoxy) is 2. The van der Waals surface area contributed by atoms with Crippen LogP contribution in [-0.2, 0) is 4.74 Å². The maximum absolute atomic E-state index is 12.4. The van der Waals surface area contributed by atoms with E-state index in [0.29, 0.717) is 35.8 Å². The molecule has 1 amide bonds. The molecule has 2 heterocycles. The summed E-state index contributed by atoms with van der Waals surface area (Å²) in [7, 11) is 3.92. The lowest BCUT2D eigenvalue weighted by atomic mass is 10.1. The van der Waals surface area contributed by atoms with Crippen molar-refractivity contribution in [2.75, 3.05) is 51.4 Å². The molecule has 4 N–H and O–H groups in total. The third-order valence-electron chi connectivity index (χ3n) is 5.62. The first kappa shape index (κ1) is 34.5. The van der Waals surface area contributed by atoms with E-state index in [0.717, 1.165) is 48.7 Å². The third kappa shape index (κ3) is 12.0. The Bertz CT molecular complexity index is 1270. The highest BCUT2D eigenvalue weighted by Gasteiger charge is 2.20. The van der Waals surface area contributed by atoms with Crippen LogP contribution in [0.2, 0.25) is 0 Å². The molecule has 0 spiro atoms. The minimum Gasteiger partial charge on any atom is -0.491 e. The van der Waals surface area contributed by atoms with Crippen LogP contribution in [0.3, 0.4) is 0 Å². The molecule has 1 aromatic carbocycles. The molecule has 2 aromatic heterocycles. The van der Waals surface area contributed by atoms with Crippen molar-refractivity contribution in [3.8, 4) is 16.3 Å². The smallest absolute Gasteiger partial charge is 0.358 e. The van der Waals surface area contributed by atoms with E-state index in [4.69, 9.17) is 15.2 Å². The quantitative estimate of drug-likeness (QED) is 0.121. The zero-order chi connectivity index (χ0) is 31.1. The number of anilines is 2. The standard InChI is InChI=1S/C29H40N6O4S.C2H6/c1-29(2,3)39-28(37)23-19-40-27(34-23)21-11-13-32-25(18-21)31-12-7-6-8-16-38-24-17-20(9-10-22(24)30)26(36)33-14-15-35(4)5;1-2/h9-11,13,17-19H,6-8,12,14-16,30H2,1-5H3,(H,31,32)(H,33,36);1-2H3. The summed E-state index contributed by atoms with van der Waals surface area (Å²) in [6.07, 6.45) is 4.45. The third-order valence-corrected chi connectivity index (χ3v) is 6.52. The number of unbranched alkanes of at least 4 members (excludes halogenated alkanes) is 2. The van der Waals surface area contributed by atoms with Crippen LogP contribution in [-0.4, -0.2) is 72.7 Å². The van der Waals surface area contributed by atoms with E-state index in [9.17, 15) is 9.59 Å². The Morgan fingerprint density at radius 2 is 1.81 bits per heavy atom. The molecule has 0 saturated heterocycles. The molecule has 10 nitrogen and oxygen atoms in total. The lowest BCUT2D eigenvalue weighted by molar-refractivity contribution is 0.00636. The summed E-state index contributed by atoms with van der Waals surface area (Å²) in [6, 6.07) is 8.89. The minimum atomic E-state index is -0.567. The molecule has 0 bridgehead atoms. The van der Waals surface area contributed by atoms with Crippen molar-refractivity contribution in [3.05, 3.63) is 53.2 Å². The van der Waals surface area contributed by atoms with E-state index >= 15 is 0 Å². The molecular formula is C31H46N6O4S. The number of amides is 1. The molecule has 0 aliphatic heterocycles. The average molecular weight is 599 g/mol. The fourth-order valence-corrected chi connectivity index (χ4v) is 4.38. The van der Waals surface area contributed by atoms with Gasteiger partial charge in [0.1, 0.15) is 22.2 Å². The van der Waals surface area contributed by atoms with Gasteiger partial charge in [-0.25, -0.2) is 14.8 Å². The molecule has 0 fully saturated rings. The number of nitrogens with two attached hydrogens (primary N) is 1. The molecule has 3 rings (SSSR count). The molecule has 11 heteroatoms. The summed E-state index contributed by atoms with van der Waals surface area (Å²) in [4.78, 5) is 35.5. The van der Waals surface area contributed by atoms with E-state index in [1.54, 1.807) is 29.8 Å². The number of hydrogen-bond donors (Lipinski definition) is 3. The van der Waals surface area contributed by atoms with Crippen LogP contribution in [0.4, 0.5) is 11.5 Å². The molecule has 0 unspecified atom stereocenters. The Balaban J connectivity index is 0.00000301. The fourth-order valence-electron chi connectivity index (χ4n) is 3.59. The van der Waals surface area contributed by atoms with Crippen LogP contribution in [0, 0.1) is 0 Å². The van der Waals surface area contributed by atoms with Gasteiger partial charge in [-0.2, -0.15) is 0 Å². The maximum Gasteiger partial charge on any atom is 0.358 e. The maximum atomic E-state index is 12.4. The monoisotopic (exact) mass is 598 g/mol. The molecule has 0 saturated carbocycles. The van der Waals surface area contributed by atoms with Gasteiger partial charge in [-0.05, 0) is 84.5 Å². The van der Waals surface area contributed by atoms with Crippen molar-refractivity contribution in [2.24, 2.45) is 0 Å². The predicted octanol–water partition coefficient (Wildman–Crippen LogP) is 5.72. The van der Waals surface area contributed by atoms with E-state index in [1.165, 1.54) is 11.3 Å². The zero-order valence-electron chi connectivity index (χ0n) is 26.0. The van der Waals surface area contributed by atoms with Crippen molar-refractivity contribution in [3.63, 3.8) is 0 Å². The second-order valence-corrected chi connectivity index (χ2v) is 11.5. The van der Waals surface area contributed by atoms with Gasteiger partial charge in [-0.1, -0.05) is 13.8 Å². The second kappa shape index (κ2) is 17.3. The number of pyridine rings is 1. The highest BCUT2D eigenvalue weighted by Crippen LogP contribution is 2.26. The number of aromatic nitrogens is 2. The topological polar surface area (TPSA) is 132 Å². The zero-order valence-corrected chi connectivity index (χ0v) is 26.8. The molecule has 0 aliphatic rings. The molecule has 0 radical (unpaired) electrons. The van der Waals surface area contributed by atoms with Crippen molar-refractivity contribution in [1.82, 2.24) is 20.2 Å². The van der Waals surface area contributed by atoms with E-state index in [-0.39, 0.29) is 5.91 Å². The van der Waals surface area contributed by atoms with Gasteiger partial charge in [0, 0.05) is 42.3 Å². The van der Waals surface area contributed by atoms with Crippen LogP contribution in [0.15, 0.2) is 41.9 Å². The van der Waals surface area contributed by atoms with E-state index in [2.05, 4.69) is 20.6 Å². The number of nitrogens with zero attached hydrogens (tertiary/aromatic N) is 3. The van der Waals surface area contributed by atoms with Crippen LogP contribution >= 0.6 is 11.3 Å². The van der Waals surface area contributed by atoms with Crippen LogP contribution in [0.1, 0.15) is 74.7 Å². The number of nitrogens with one attached hydrogen (secondary N) is 2. The van der Waals surface area contributed by atoms with E-state index < -0.39 is 11.6 Å². The molecule has 230 valence electrons. The lowest BCUT2D eigenvalue weighted by Crippen LogP contribution is -2.31. The summed E-state index contributed by atoms with van der Waals surface area (Å²) in [6.45, 7) is 12.1. The summed E-state index contributed by atoms with van der Waals surface area (Å²) in [5.41, 5.74) is 7.71. The van der Waals surface area contributed by atoms with Crippen molar-refractivity contribution in [1.29, 1.82) is 0 Å². The van der Waals surface area contributed by atoms with Crippen LogP contribution in [0.25, 0.3) is 10.6 Å². The Labute approximate surface area is 254 Å². The number of nitrogen functional groups attached to an aromatic ring is 1.